The average molecular weight is 375 g/mol. The van der Waals surface area contributed by atoms with Crippen molar-refractivity contribution in [2.75, 3.05) is 10.6 Å². The van der Waals surface area contributed by atoms with Crippen LogP contribution in [0.2, 0.25) is 0 Å². The van der Waals surface area contributed by atoms with E-state index >= 15 is 0 Å². The van der Waals surface area contributed by atoms with Gasteiger partial charge in [0.2, 0.25) is 5.95 Å². The van der Waals surface area contributed by atoms with E-state index in [4.69, 9.17) is 4.98 Å². The molecule has 0 aliphatic carbocycles. The van der Waals surface area contributed by atoms with Crippen molar-refractivity contribution in [3.8, 4) is 0 Å². The topological polar surface area (TPSA) is 49.8 Å². The second-order valence-electron chi connectivity index (χ2n) is 6.65. The maximum atomic E-state index is 4.73. The van der Waals surface area contributed by atoms with E-state index in [1.165, 1.54) is 22.3 Å². The fourth-order valence-electron chi connectivity index (χ4n) is 3.06. The number of nitrogens with one attached hydrogen (secondary N) is 2. The van der Waals surface area contributed by atoms with Gasteiger partial charge < -0.3 is 10.6 Å². The Hall–Kier alpha value is -2.92. The number of rotatable bonds is 6. The standard InChI is InChI=1S/C22H22N4S/c1-15-8-9-18(16(2)12-15)14-23-21-20-19(10-11-27-20)25-22(26-21)24-13-17-6-4-3-5-7-17/h3-12H,13-14H2,1-2H3,(H2,23,24,25,26). The van der Waals surface area contributed by atoms with Crippen LogP contribution in [0.25, 0.3) is 10.2 Å². The summed E-state index contributed by atoms with van der Waals surface area (Å²) in [6, 6.07) is 18.9. The Bertz CT molecular complexity index is 1060. The van der Waals surface area contributed by atoms with Crippen molar-refractivity contribution in [2.45, 2.75) is 26.9 Å². The van der Waals surface area contributed by atoms with Gasteiger partial charge in [0.1, 0.15) is 5.82 Å². The molecule has 0 bridgehead atoms. The summed E-state index contributed by atoms with van der Waals surface area (Å²) >= 11 is 1.66. The molecule has 2 aromatic carbocycles. The molecule has 2 aromatic heterocycles. The largest absolute Gasteiger partial charge is 0.365 e. The monoisotopic (exact) mass is 374 g/mol. The number of nitrogens with zero attached hydrogens (tertiary/aromatic N) is 2. The highest BCUT2D eigenvalue weighted by molar-refractivity contribution is 7.17. The molecule has 2 heterocycles. The molecule has 4 aromatic rings. The zero-order chi connectivity index (χ0) is 18.6. The summed E-state index contributed by atoms with van der Waals surface area (Å²) in [5.74, 6) is 1.53. The van der Waals surface area contributed by atoms with Crippen molar-refractivity contribution >= 4 is 33.3 Å². The van der Waals surface area contributed by atoms with Crippen molar-refractivity contribution in [1.82, 2.24) is 9.97 Å². The Morgan fingerprint density at radius 2 is 1.74 bits per heavy atom. The first-order valence-corrected chi connectivity index (χ1v) is 9.90. The van der Waals surface area contributed by atoms with Crippen molar-refractivity contribution < 1.29 is 0 Å². The molecule has 0 unspecified atom stereocenters. The molecule has 5 heteroatoms. The summed E-state index contributed by atoms with van der Waals surface area (Å²) in [6.07, 6.45) is 0. The number of aromatic nitrogens is 2. The minimum atomic E-state index is 0.646. The molecule has 0 aliphatic rings. The van der Waals surface area contributed by atoms with Gasteiger partial charge in [0.05, 0.1) is 10.2 Å². The Kier molecular flexibility index (Phi) is 5.03. The molecule has 0 radical (unpaired) electrons. The van der Waals surface area contributed by atoms with E-state index in [0.29, 0.717) is 12.5 Å². The van der Waals surface area contributed by atoms with E-state index in [1.54, 1.807) is 11.3 Å². The molecule has 4 nitrogen and oxygen atoms in total. The zero-order valence-electron chi connectivity index (χ0n) is 15.5. The molecule has 0 atom stereocenters. The van der Waals surface area contributed by atoms with Gasteiger partial charge in [0, 0.05) is 13.1 Å². The van der Waals surface area contributed by atoms with Gasteiger partial charge in [-0.2, -0.15) is 4.98 Å². The van der Waals surface area contributed by atoms with Gasteiger partial charge in [0.15, 0.2) is 0 Å². The average Bonchev–Trinajstić information content (AvgIpc) is 3.15. The molecule has 0 amide bonds. The lowest BCUT2D eigenvalue weighted by atomic mass is 10.1. The third-order valence-electron chi connectivity index (χ3n) is 4.54. The van der Waals surface area contributed by atoms with Gasteiger partial charge >= 0.3 is 0 Å². The van der Waals surface area contributed by atoms with E-state index in [-0.39, 0.29) is 0 Å². The smallest absolute Gasteiger partial charge is 0.225 e. The van der Waals surface area contributed by atoms with Crippen LogP contribution < -0.4 is 10.6 Å². The number of aryl methyl sites for hydroxylation is 2. The van der Waals surface area contributed by atoms with Gasteiger partial charge in [-0.15, -0.1) is 11.3 Å². The molecule has 0 saturated carbocycles. The van der Waals surface area contributed by atoms with Crippen molar-refractivity contribution in [3.63, 3.8) is 0 Å². The second kappa shape index (κ2) is 7.76. The number of thiophene rings is 1. The second-order valence-corrected chi connectivity index (χ2v) is 7.57. The van der Waals surface area contributed by atoms with E-state index in [9.17, 15) is 0 Å². The number of benzene rings is 2. The fraction of sp³-hybridized carbons (Fsp3) is 0.182. The van der Waals surface area contributed by atoms with Gasteiger partial charge in [-0.05, 0) is 42.0 Å². The Balaban J connectivity index is 1.55. The highest BCUT2D eigenvalue weighted by Crippen LogP contribution is 2.28. The van der Waals surface area contributed by atoms with Crippen LogP contribution in [0.4, 0.5) is 11.8 Å². The summed E-state index contributed by atoms with van der Waals surface area (Å²) in [7, 11) is 0. The van der Waals surface area contributed by atoms with E-state index in [1.807, 2.05) is 24.3 Å². The highest BCUT2D eigenvalue weighted by atomic mass is 32.1. The highest BCUT2D eigenvalue weighted by Gasteiger charge is 2.10. The summed E-state index contributed by atoms with van der Waals surface area (Å²) in [5.41, 5.74) is 6.03. The lowest BCUT2D eigenvalue weighted by Gasteiger charge is -2.12. The summed E-state index contributed by atoms with van der Waals surface area (Å²) in [6.45, 7) is 5.72. The van der Waals surface area contributed by atoms with Crippen LogP contribution in [-0.2, 0) is 13.1 Å². The third-order valence-corrected chi connectivity index (χ3v) is 5.45. The zero-order valence-corrected chi connectivity index (χ0v) is 16.3. The maximum Gasteiger partial charge on any atom is 0.225 e. The molecule has 0 aliphatic heterocycles. The van der Waals surface area contributed by atoms with Gasteiger partial charge in [-0.1, -0.05) is 54.1 Å². The van der Waals surface area contributed by atoms with Crippen LogP contribution >= 0.6 is 11.3 Å². The number of anilines is 2. The Labute approximate surface area is 163 Å². The normalized spacial score (nSPS) is 10.9. The maximum absolute atomic E-state index is 4.73. The van der Waals surface area contributed by atoms with Crippen molar-refractivity contribution in [2.24, 2.45) is 0 Å². The molecule has 0 saturated heterocycles. The van der Waals surface area contributed by atoms with E-state index in [2.05, 4.69) is 65.2 Å². The minimum Gasteiger partial charge on any atom is -0.365 e. The van der Waals surface area contributed by atoms with E-state index < -0.39 is 0 Å². The molecule has 0 fully saturated rings. The third kappa shape index (κ3) is 4.09. The SMILES string of the molecule is Cc1ccc(CNc2nc(NCc3ccccc3)nc3ccsc23)c(C)c1. The van der Waals surface area contributed by atoms with Crippen LogP contribution in [0.3, 0.4) is 0 Å². The van der Waals surface area contributed by atoms with Crippen molar-refractivity contribution in [3.05, 3.63) is 82.2 Å². The number of hydrogen-bond acceptors (Lipinski definition) is 5. The predicted molar refractivity (Wildman–Crippen MR) is 114 cm³/mol. The fourth-order valence-corrected chi connectivity index (χ4v) is 3.86. The quantitative estimate of drug-likeness (QED) is 0.466. The summed E-state index contributed by atoms with van der Waals surface area (Å²) < 4.78 is 1.09. The summed E-state index contributed by atoms with van der Waals surface area (Å²) in [4.78, 5) is 9.37. The van der Waals surface area contributed by atoms with Crippen LogP contribution in [0.1, 0.15) is 22.3 Å². The van der Waals surface area contributed by atoms with Gasteiger partial charge in [0.25, 0.3) is 0 Å². The van der Waals surface area contributed by atoms with Gasteiger partial charge in [-0.3, -0.25) is 0 Å². The molecular formula is C22H22N4S. The predicted octanol–water partition coefficient (Wildman–Crippen LogP) is 5.53. The Morgan fingerprint density at radius 1 is 0.889 bits per heavy atom. The molecule has 27 heavy (non-hydrogen) atoms. The first kappa shape index (κ1) is 17.5. The lowest BCUT2D eigenvalue weighted by Crippen LogP contribution is -2.08. The van der Waals surface area contributed by atoms with Gasteiger partial charge in [-0.25, -0.2) is 4.98 Å². The molecule has 136 valence electrons. The lowest BCUT2D eigenvalue weighted by molar-refractivity contribution is 1.05. The van der Waals surface area contributed by atoms with E-state index in [0.717, 1.165) is 22.6 Å². The Morgan fingerprint density at radius 3 is 2.56 bits per heavy atom. The number of fused-ring (bicyclic) bond motifs is 1. The minimum absolute atomic E-state index is 0.646. The van der Waals surface area contributed by atoms with Crippen LogP contribution in [0, 0.1) is 13.8 Å². The summed E-state index contributed by atoms with van der Waals surface area (Å²) in [5, 5.41) is 8.91. The van der Waals surface area contributed by atoms with Crippen LogP contribution in [0.5, 0.6) is 0 Å². The van der Waals surface area contributed by atoms with Crippen LogP contribution in [0.15, 0.2) is 60.0 Å². The number of hydrogen-bond donors (Lipinski definition) is 2. The molecule has 4 rings (SSSR count). The molecular weight excluding hydrogens is 352 g/mol. The molecule has 2 N–H and O–H groups in total. The molecule has 0 spiro atoms. The van der Waals surface area contributed by atoms with Crippen molar-refractivity contribution in [1.29, 1.82) is 0 Å². The first-order chi connectivity index (χ1) is 13.2. The first-order valence-electron chi connectivity index (χ1n) is 9.02. The van der Waals surface area contributed by atoms with Crippen LogP contribution in [-0.4, -0.2) is 9.97 Å².